The molecule has 0 aliphatic carbocycles. The van der Waals surface area contributed by atoms with Crippen molar-refractivity contribution in [3.63, 3.8) is 0 Å². The molecule has 0 saturated heterocycles. The van der Waals surface area contributed by atoms with E-state index < -0.39 is 102 Å². The van der Waals surface area contributed by atoms with Crippen LogP contribution in [0.2, 0.25) is 0 Å². The zero-order valence-electron chi connectivity index (χ0n) is 30.3. The van der Waals surface area contributed by atoms with Crippen LogP contribution < -0.4 is 43.0 Å². The van der Waals surface area contributed by atoms with E-state index in [-0.39, 0.29) is 18.9 Å². The molecule has 284 valence electrons. The van der Waals surface area contributed by atoms with Gasteiger partial charge < -0.3 is 48.1 Å². The average molecular weight is 719 g/mol. The lowest BCUT2D eigenvalue weighted by Gasteiger charge is -2.29. The first-order valence-electron chi connectivity index (χ1n) is 16.9. The topological polar surface area (TPSA) is 267 Å². The summed E-state index contributed by atoms with van der Waals surface area (Å²) in [4.78, 5) is 101. The van der Waals surface area contributed by atoms with Gasteiger partial charge in [-0.3, -0.25) is 38.4 Å². The number of nitrogens with two attached hydrogens (primary N) is 1. The number of aliphatic carboxylic acids is 1. The van der Waals surface area contributed by atoms with E-state index in [9.17, 15) is 38.4 Å². The van der Waals surface area contributed by atoms with Gasteiger partial charge in [0.05, 0.1) is 13.1 Å². The van der Waals surface area contributed by atoms with Crippen LogP contribution in [0.3, 0.4) is 0 Å². The van der Waals surface area contributed by atoms with Crippen LogP contribution in [0.1, 0.15) is 60.5 Å². The highest BCUT2D eigenvalue weighted by atomic mass is 16.4. The Morgan fingerprint density at radius 1 is 0.627 bits per heavy atom. The minimum atomic E-state index is -1.25. The van der Waals surface area contributed by atoms with Crippen LogP contribution in [0.5, 0.6) is 0 Å². The summed E-state index contributed by atoms with van der Waals surface area (Å²) < 4.78 is 0. The van der Waals surface area contributed by atoms with E-state index in [2.05, 4.69) is 37.2 Å². The minimum Gasteiger partial charge on any atom is -0.480 e. The van der Waals surface area contributed by atoms with Gasteiger partial charge in [0.15, 0.2) is 0 Å². The molecular formula is C34H54N8O9. The lowest BCUT2D eigenvalue weighted by Crippen LogP contribution is -2.60. The van der Waals surface area contributed by atoms with Crippen molar-refractivity contribution in [1.82, 2.24) is 37.2 Å². The summed E-state index contributed by atoms with van der Waals surface area (Å²) >= 11 is 0. The van der Waals surface area contributed by atoms with Gasteiger partial charge in [0.1, 0.15) is 36.8 Å². The van der Waals surface area contributed by atoms with Gasteiger partial charge in [-0.05, 0) is 30.2 Å². The van der Waals surface area contributed by atoms with Gasteiger partial charge >= 0.3 is 5.97 Å². The molecule has 0 bridgehead atoms. The van der Waals surface area contributed by atoms with E-state index in [1.54, 1.807) is 71.9 Å². The summed E-state index contributed by atoms with van der Waals surface area (Å²) in [6.45, 7) is 10.1. The van der Waals surface area contributed by atoms with E-state index >= 15 is 0 Å². The van der Waals surface area contributed by atoms with Crippen molar-refractivity contribution in [3.05, 3.63) is 35.9 Å². The standard InChI is InChI=1S/C34H54N8O9/c1-8-20(6)29(32(49)37-17-26(45)46)42-34(51)28(19(4)5)41-30(47)21(7)38-33(50)27(18(2)3)40-25(44)16-36-31(48)23(39-24(43)15-35)14-22-12-10-9-11-13-22/h9-13,18-21,23,27-29H,8,14-17,35H2,1-7H3,(H,36,48)(H,37,49)(H,38,50)(H,39,43)(H,40,44)(H,41,47)(H,42,51)(H,45,46)/t20-,21-,23-,27-,28-,29-/m0/s1. The Bertz CT molecular complexity index is 1370. The zero-order chi connectivity index (χ0) is 38.8. The molecule has 0 radical (unpaired) electrons. The smallest absolute Gasteiger partial charge is 0.322 e. The Morgan fingerprint density at radius 2 is 1.16 bits per heavy atom. The highest BCUT2D eigenvalue weighted by Crippen LogP contribution is 2.11. The second kappa shape index (κ2) is 21.9. The molecule has 0 aliphatic heterocycles. The highest BCUT2D eigenvalue weighted by Gasteiger charge is 2.33. The third kappa shape index (κ3) is 15.6. The number of hydrogen-bond donors (Lipinski definition) is 9. The van der Waals surface area contributed by atoms with Crippen molar-refractivity contribution < 1.29 is 43.5 Å². The summed E-state index contributed by atoms with van der Waals surface area (Å²) in [5.41, 5.74) is 6.16. The van der Waals surface area contributed by atoms with Crippen molar-refractivity contribution in [2.75, 3.05) is 19.6 Å². The monoisotopic (exact) mass is 718 g/mol. The first-order chi connectivity index (χ1) is 23.9. The largest absolute Gasteiger partial charge is 0.480 e. The number of carbonyl (C=O) groups is 8. The molecule has 10 N–H and O–H groups in total. The Hall–Kier alpha value is -5.06. The maximum Gasteiger partial charge on any atom is 0.322 e. The van der Waals surface area contributed by atoms with Crippen molar-refractivity contribution in [2.24, 2.45) is 23.5 Å². The van der Waals surface area contributed by atoms with E-state index in [1.807, 2.05) is 0 Å². The van der Waals surface area contributed by atoms with Crippen LogP contribution in [-0.2, 0) is 44.8 Å². The molecular weight excluding hydrogens is 664 g/mol. The van der Waals surface area contributed by atoms with Gasteiger partial charge in [-0.2, -0.15) is 0 Å². The van der Waals surface area contributed by atoms with Gasteiger partial charge in [0, 0.05) is 6.42 Å². The Labute approximate surface area is 298 Å². The molecule has 1 rings (SSSR count). The number of nitrogens with one attached hydrogen (secondary N) is 7. The van der Waals surface area contributed by atoms with E-state index in [0.29, 0.717) is 6.42 Å². The second-order valence-electron chi connectivity index (χ2n) is 13.0. The molecule has 6 atom stereocenters. The zero-order valence-corrected chi connectivity index (χ0v) is 30.3. The highest BCUT2D eigenvalue weighted by molar-refractivity contribution is 5.96. The molecule has 1 aromatic carbocycles. The van der Waals surface area contributed by atoms with Crippen molar-refractivity contribution >= 4 is 47.3 Å². The maximum atomic E-state index is 13.3. The Kier molecular flexibility index (Phi) is 18.9. The SMILES string of the molecule is CC[C@H](C)[C@H](NC(=O)[C@@H](NC(=O)[C@H](C)NC(=O)[C@@H](NC(=O)CNC(=O)[C@H](Cc1ccccc1)NC(=O)CN)C(C)C)C(C)C)C(=O)NCC(=O)O. The molecule has 0 fully saturated rings. The fraction of sp³-hybridized carbons (Fsp3) is 0.588. The first kappa shape index (κ1) is 44.0. The van der Waals surface area contributed by atoms with Crippen LogP contribution in [0.15, 0.2) is 30.3 Å². The summed E-state index contributed by atoms with van der Waals surface area (Å²) in [5.74, 6) is -7.11. The molecule has 0 unspecified atom stereocenters. The number of benzene rings is 1. The third-order valence-electron chi connectivity index (χ3n) is 8.01. The lowest BCUT2D eigenvalue weighted by molar-refractivity contribution is -0.139. The Balaban J connectivity index is 2.88. The maximum absolute atomic E-state index is 13.3. The average Bonchev–Trinajstić information content (AvgIpc) is 3.08. The number of amides is 7. The quantitative estimate of drug-likeness (QED) is 0.0696. The molecule has 51 heavy (non-hydrogen) atoms. The van der Waals surface area contributed by atoms with Gasteiger partial charge in [-0.1, -0.05) is 78.3 Å². The summed E-state index contributed by atoms with van der Waals surface area (Å²) in [7, 11) is 0. The number of carboxylic acids is 1. The molecule has 17 heteroatoms. The van der Waals surface area contributed by atoms with E-state index in [0.717, 1.165) is 5.56 Å². The molecule has 0 spiro atoms. The van der Waals surface area contributed by atoms with E-state index in [4.69, 9.17) is 10.8 Å². The van der Waals surface area contributed by atoms with Crippen LogP contribution in [0.25, 0.3) is 0 Å². The first-order valence-corrected chi connectivity index (χ1v) is 16.9. The molecule has 1 aromatic rings. The van der Waals surface area contributed by atoms with Gasteiger partial charge in [-0.25, -0.2) is 0 Å². The predicted octanol–water partition coefficient (Wildman–Crippen LogP) is -1.69. The molecule has 17 nitrogen and oxygen atoms in total. The number of carbonyl (C=O) groups excluding carboxylic acids is 7. The van der Waals surface area contributed by atoms with Crippen LogP contribution >= 0.6 is 0 Å². The van der Waals surface area contributed by atoms with Crippen molar-refractivity contribution in [2.45, 2.75) is 91.5 Å². The van der Waals surface area contributed by atoms with Crippen molar-refractivity contribution in [3.8, 4) is 0 Å². The summed E-state index contributed by atoms with van der Waals surface area (Å²) in [6.07, 6.45) is 0.645. The lowest BCUT2D eigenvalue weighted by atomic mass is 9.96. The number of hydrogen-bond acceptors (Lipinski definition) is 9. The predicted molar refractivity (Wildman–Crippen MR) is 187 cm³/mol. The number of carboxylic acid groups (broad SMARTS) is 1. The normalized spacial score (nSPS) is 14.5. The van der Waals surface area contributed by atoms with Crippen molar-refractivity contribution in [1.29, 1.82) is 0 Å². The molecule has 0 aromatic heterocycles. The van der Waals surface area contributed by atoms with Gasteiger partial charge in [0.2, 0.25) is 41.4 Å². The summed E-state index contributed by atoms with van der Waals surface area (Å²) in [5, 5.41) is 26.5. The van der Waals surface area contributed by atoms with Crippen LogP contribution in [-0.4, -0.2) is 102 Å². The molecule has 7 amide bonds. The Morgan fingerprint density at radius 3 is 1.69 bits per heavy atom. The fourth-order valence-corrected chi connectivity index (χ4v) is 4.76. The molecule has 0 aliphatic rings. The minimum absolute atomic E-state index is 0.150. The molecule has 0 saturated carbocycles. The van der Waals surface area contributed by atoms with Gasteiger partial charge in [0.25, 0.3) is 0 Å². The van der Waals surface area contributed by atoms with Crippen LogP contribution in [0.4, 0.5) is 0 Å². The summed E-state index contributed by atoms with van der Waals surface area (Å²) in [6, 6.07) is 3.49. The second-order valence-corrected chi connectivity index (χ2v) is 13.0. The van der Waals surface area contributed by atoms with Crippen LogP contribution in [0, 0.1) is 17.8 Å². The van der Waals surface area contributed by atoms with Gasteiger partial charge in [-0.15, -0.1) is 0 Å². The fourth-order valence-electron chi connectivity index (χ4n) is 4.76. The van der Waals surface area contributed by atoms with E-state index in [1.165, 1.54) is 6.92 Å². The third-order valence-corrected chi connectivity index (χ3v) is 8.01. The molecule has 0 heterocycles. The number of rotatable bonds is 21.